The fourth-order valence-electron chi connectivity index (χ4n) is 3.28. The van der Waals surface area contributed by atoms with Gasteiger partial charge in [0, 0.05) is 31.1 Å². The summed E-state index contributed by atoms with van der Waals surface area (Å²) in [6, 6.07) is 0.694. The van der Waals surface area contributed by atoms with Gasteiger partial charge in [0.2, 0.25) is 0 Å². The van der Waals surface area contributed by atoms with E-state index in [-0.39, 0.29) is 5.91 Å². The van der Waals surface area contributed by atoms with Crippen molar-refractivity contribution in [3.8, 4) is 0 Å². The number of aromatic nitrogens is 1. The molecular formula is C13H17N3O2. The lowest BCUT2D eigenvalue weighted by Gasteiger charge is -2.34. The summed E-state index contributed by atoms with van der Waals surface area (Å²) in [5.74, 6) is 1.34. The van der Waals surface area contributed by atoms with Gasteiger partial charge >= 0.3 is 0 Å². The fourth-order valence-corrected chi connectivity index (χ4v) is 3.28. The van der Waals surface area contributed by atoms with E-state index in [1.54, 1.807) is 0 Å². The number of oxazole rings is 1. The lowest BCUT2D eigenvalue weighted by molar-refractivity contribution is 0.0611. The minimum atomic E-state index is 0.0830. The van der Waals surface area contributed by atoms with Crippen molar-refractivity contribution < 1.29 is 9.21 Å². The van der Waals surface area contributed by atoms with Crippen molar-refractivity contribution in [1.82, 2.24) is 15.2 Å². The third-order valence-corrected chi connectivity index (χ3v) is 4.36. The van der Waals surface area contributed by atoms with Crippen LogP contribution in [0.2, 0.25) is 0 Å². The van der Waals surface area contributed by atoms with E-state index in [4.69, 9.17) is 4.42 Å². The van der Waals surface area contributed by atoms with E-state index in [0.29, 0.717) is 23.7 Å². The van der Waals surface area contributed by atoms with Crippen LogP contribution >= 0.6 is 0 Å². The molecule has 4 rings (SSSR count). The number of carbonyl (C=O) groups is 1. The standard InChI is InChI=1S/C13H17N3O2/c17-13(11-12(8-1-2-8)18-7-15-11)16-9-3-4-10(16)6-14-5-9/h7-10,14H,1-6H2. The van der Waals surface area contributed by atoms with E-state index in [2.05, 4.69) is 10.3 Å². The van der Waals surface area contributed by atoms with E-state index in [1.165, 1.54) is 6.39 Å². The summed E-state index contributed by atoms with van der Waals surface area (Å²) < 4.78 is 5.42. The topological polar surface area (TPSA) is 58.4 Å². The van der Waals surface area contributed by atoms with E-state index in [0.717, 1.165) is 44.5 Å². The quantitative estimate of drug-likeness (QED) is 0.851. The number of hydrogen-bond acceptors (Lipinski definition) is 4. The lowest BCUT2D eigenvalue weighted by Crippen LogP contribution is -2.54. The van der Waals surface area contributed by atoms with Crippen LogP contribution in [0, 0.1) is 0 Å². The zero-order chi connectivity index (χ0) is 12.1. The maximum absolute atomic E-state index is 12.7. The van der Waals surface area contributed by atoms with Crippen molar-refractivity contribution in [3.63, 3.8) is 0 Å². The Bertz CT molecular complexity index is 464. The molecule has 3 aliphatic rings. The molecule has 2 bridgehead atoms. The van der Waals surface area contributed by atoms with E-state index in [1.807, 2.05) is 4.90 Å². The van der Waals surface area contributed by atoms with Gasteiger partial charge < -0.3 is 14.6 Å². The first-order valence-electron chi connectivity index (χ1n) is 6.81. The molecule has 1 saturated carbocycles. The van der Waals surface area contributed by atoms with Gasteiger partial charge in [-0.05, 0) is 25.7 Å². The van der Waals surface area contributed by atoms with Crippen LogP contribution in [0.25, 0.3) is 0 Å². The van der Waals surface area contributed by atoms with Crippen LogP contribution < -0.4 is 5.32 Å². The first-order chi connectivity index (χ1) is 8.84. The summed E-state index contributed by atoms with van der Waals surface area (Å²) in [4.78, 5) is 18.9. The van der Waals surface area contributed by atoms with Gasteiger partial charge in [0.05, 0.1) is 0 Å². The molecule has 18 heavy (non-hydrogen) atoms. The Morgan fingerprint density at radius 1 is 1.28 bits per heavy atom. The number of carbonyl (C=O) groups excluding carboxylic acids is 1. The highest BCUT2D eigenvalue weighted by atomic mass is 16.3. The summed E-state index contributed by atoms with van der Waals surface area (Å²) in [7, 11) is 0. The SMILES string of the molecule is O=C(c1ncoc1C1CC1)N1C2CCC1CNC2. The summed E-state index contributed by atoms with van der Waals surface area (Å²) in [6.07, 6.45) is 5.90. The van der Waals surface area contributed by atoms with Crippen molar-refractivity contribution in [2.45, 2.75) is 43.7 Å². The van der Waals surface area contributed by atoms with Gasteiger partial charge in [0.25, 0.3) is 5.91 Å². The van der Waals surface area contributed by atoms with Gasteiger partial charge in [-0.15, -0.1) is 0 Å². The first-order valence-corrected chi connectivity index (χ1v) is 6.81. The predicted octanol–water partition coefficient (Wildman–Crippen LogP) is 1.13. The number of fused-ring (bicyclic) bond motifs is 2. The molecule has 1 aromatic heterocycles. The van der Waals surface area contributed by atoms with Gasteiger partial charge in [-0.1, -0.05) is 0 Å². The van der Waals surface area contributed by atoms with Crippen LogP contribution in [0.15, 0.2) is 10.8 Å². The van der Waals surface area contributed by atoms with Crippen LogP contribution in [0.4, 0.5) is 0 Å². The fraction of sp³-hybridized carbons (Fsp3) is 0.692. The molecule has 2 atom stereocenters. The molecule has 5 heteroatoms. The number of amides is 1. The Kier molecular flexibility index (Phi) is 2.24. The summed E-state index contributed by atoms with van der Waals surface area (Å²) in [5.41, 5.74) is 0.566. The molecule has 3 heterocycles. The molecule has 1 amide bonds. The van der Waals surface area contributed by atoms with Crippen molar-refractivity contribution in [2.24, 2.45) is 0 Å². The summed E-state index contributed by atoms with van der Waals surface area (Å²) in [5, 5.41) is 3.39. The first kappa shape index (κ1) is 10.6. The van der Waals surface area contributed by atoms with E-state index < -0.39 is 0 Å². The molecule has 3 fully saturated rings. The van der Waals surface area contributed by atoms with Crippen molar-refractivity contribution in [3.05, 3.63) is 17.8 Å². The predicted molar refractivity (Wildman–Crippen MR) is 64.3 cm³/mol. The molecule has 1 N–H and O–H groups in total. The number of hydrogen-bond donors (Lipinski definition) is 1. The Morgan fingerprint density at radius 2 is 2.00 bits per heavy atom. The van der Waals surface area contributed by atoms with Gasteiger partial charge in [-0.3, -0.25) is 4.79 Å². The highest BCUT2D eigenvalue weighted by Gasteiger charge is 2.42. The smallest absolute Gasteiger partial charge is 0.276 e. The Morgan fingerprint density at radius 3 is 2.67 bits per heavy atom. The van der Waals surface area contributed by atoms with Crippen molar-refractivity contribution in [2.75, 3.05) is 13.1 Å². The molecule has 2 unspecified atom stereocenters. The Labute approximate surface area is 106 Å². The maximum atomic E-state index is 12.7. The minimum Gasteiger partial charge on any atom is -0.447 e. The molecule has 96 valence electrons. The largest absolute Gasteiger partial charge is 0.447 e. The second-order valence-electron chi connectivity index (χ2n) is 5.60. The van der Waals surface area contributed by atoms with Crippen LogP contribution in [0.1, 0.15) is 47.8 Å². The summed E-state index contributed by atoms with van der Waals surface area (Å²) in [6.45, 7) is 1.83. The molecule has 0 aromatic carbocycles. The normalized spacial score (nSPS) is 30.8. The molecule has 1 aromatic rings. The van der Waals surface area contributed by atoms with Crippen molar-refractivity contribution >= 4 is 5.91 Å². The lowest BCUT2D eigenvalue weighted by atomic mass is 10.1. The third kappa shape index (κ3) is 1.50. The zero-order valence-corrected chi connectivity index (χ0v) is 10.3. The zero-order valence-electron chi connectivity index (χ0n) is 10.3. The van der Waals surface area contributed by atoms with Gasteiger partial charge in [-0.2, -0.15) is 0 Å². The number of piperazine rings is 1. The molecule has 0 radical (unpaired) electrons. The van der Waals surface area contributed by atoms with E-state index >= 15 is 0 Å². The monoisotopic (exact) mass is 247 g/mol. The van der Waals surface area contributed by atoms with Crippen molar-refractivity contribution in [1.29, 1.82) is 0 Å². The number of rotatable bonds is 2. The molecule has 0 spiro atoms. The minimum absolute atomic E-state index is 0.0830. The molecular weight excluding hydrogens is 230 g/mol. The average molecular weight is 247 g/mol. The summed E-state index contributed by atoms with van der Waals surface area (Å²) >= 11 is 0. The molecule has 1 aliphatic carbocycles. The second kappa shape index (κ2) is 3.82. The molecule has 2 saturated heterocycles. The van der Waals surface area contributed by atoms with Crippen LogP contribution in [-0.4, -0.2) is 41.0 Å². The van der Waals surface area contributed by atoms with Gasteiger partial charge in [-0.25, -0.2) is 4.98 Å². The Balaban J connectivity index is 1.64. The van der Waals surface area contributed by atoms with E-state index in [9.17, 15) is 4.79 Å². The highest BCUT2D eigenvalue weighted by molar-refractivity contribution is 5.94. The van der Waals surface area contributed by atoms with Crippen LogP contribution in [0.5, 0.6) is 0 Å². The van der Waals surface area contributed by atoms with Gasteiger partial charge in [0.15, 0.2) is 12.1 Å². The van der Waals surface area contributed by atoms with Gasteiger partial charge in [0.1, 0.15) is 5.76 Å². The number of nitrogens with one attached hydrogen (secondary N) is 1. The highest BCUT2D eigenvalue weighted by Crippen LogP contribution is 2.42. The number of nitrogens with zero attached hydrogens (tertiary/aromatic N) is 2. The second-order valence-corrected chi connectivity index (χ2v) is 5.60. The maximum Gasteiger partial charge on any atom is 0.276 e. The molecule has 2 aliphatic heterocycles. The molecule has 5 nitrogen and oxygen atoms in total. The van der Waals surface area contributed by atoms with Crippen LogP contribution in [0.3, 0.4) is 0 Å². The Hall–Kier alpha value is -1.36. The average Bonchev–Trinajstić information content (AvgIpc) is 3.06. The third-order valence-electron chi connectivity index (χ3n) is 4.36. The van der Waals surface area contributed by atoms with Crippen LogP contribution in [-0.2, 0) is 0 Å².